The van der Waals surface area contributed by atoms with E-state index >= 15 is 0 Å². The minimum absolute atomic E-state index is 0.0557. The third-order valence-corrected chi connectivity index (χ3v) is 10.2. The summed E-state index contributed by atoms with van der Waals surface area (Å²) < 4.78 is 26.9. The van der Waals surface area contributed by atoms with Gasteiger partial charge in [-0.3, -0.25) is 13.9 Å². The van der Waals surface area contributed by atoms with Gasteiger partial charge in [0.05, 0.1) is 22.0 Å². The molecule has 44 heavy (non-hydrogen) atoms. The minimum Gasteiger partial charge on any atom is -0.352 e. The summed E-state index contributed by atoms with van der Waals surface area (Å²) in [4.78, 5) is 29.5. The second-order valence-corrected chi connectivity index (χ2v) is 14.4. The highest BCUT2D eigenvalue weighted by atomic mass is 35.5. The zero-order valence-electron chi connectivity index (χ0n) is 25.6. The van der Waals surface area contributed by atoms with Gasteiger partial charge in [0, 0.05) is 32.0 Å². The van der Waals surface area contributed by atoms with Gasteiger partial charge in [-0.05, 0) is 79.6 Å². The summed E-state index contributed by atoms with van der Waals surface area (Å²) in [6.45, 7) is 4.19. The molecule has 1 N–H and O–H groups in total. The SMILES string of the molecule is Cc1ccc(N(CCCC(=O)N(Cc2ccc(Cl)c(Cl)c2)[C@@H](Cc2ccccc2)C(=O)NC2CCCC2)S(C)(=O)=O)cc1C. The lowest BCUT2D eigenvalue weighted by Crippen LogP contribution is -2.52. The van der Waals surface area contributed by atoms with Crippen LogP contribution in [0.4, 0.5) is 5.69 Å². The van der Waals surface area contributed by atoms with E-state index in [1.165, 1.54) is 10.6 Å². The molecule has 10 heteroatoms. The molecule has 1 fully saturated rings. The van der Waals surface area contributed by atoms with E-state index in [0.717, 1.165) is 47.9 Å². The van der Waals surface area contributed by atoms with Crippen LogP contribution in [-0.2, 0) is 32.6 Å². The molecular weight excluding hydrogens is 617 g/mol. The molecule has 4 rings (SSSR count). The predicted molar refractivity (Wildman–Crippen MR) is 179 cm³/mol. The van der Waals surface area contributed by atoms with Crippen molar-refractivity contribution < 1.29 is 18.0 Å². The standard InChI is InChI=1S/C34H41Cl2N3O4S/c1-24-15-17-29(20-25(24)2)39(44(3,42)43)19-9-14-33(40)38(23-27-16-18-30(35)31(36)21-27)32(22-26-10-5-4-6-11-26)34(41)37-28-12-7-8-13-28/h4-6,10-11,15-18,20-21,28,32H,7-9,12-14,19,22-23H2,1-3H3,(H,37,41)/t32-/m0/s1. The quantitative estimate of drug-likeness (QED) is 0.218. The Morgan fingerprint density at radius 1 is 0.909 bits per heavy atom. The van der Waals surface area contributed by atoms with Crippen molar-refractivity contribution in [2.45, 2.75) is 77.4 Å². The average molecular weight is 659 g/mol. The first-order valence-corrected chi connectivity index (χ1v) is 17.7. The van der Waals surface area contributed by atoms with Crippen molar-refractivity contribution in [3.8, 4) is 0 Å². The van der Waals surface area contributed by atoms with Gasteiger partial charge in [0.1, 0.15) is 6.04 Å². The van der Waals surface area contributed by atoms with Crippen LogP contribution in [0.3, 0.4) is 0 Å². The number of aryl methyl sites for hydroxylation is 2. The van der Waals surface area contributed by atoms with Crippen LogP contribution in [0, 0.1) is 13.8 Å². The maximum atomic E-state index is 14.1. The molecule has 1 saturated carbocycles. The van der Waals surface area contributed by atoms with E-state index in [1.54, 1.807) is 29.2 Å². The number of amides is 2. The molecule has 0 bridgehead atoms. The second-order valence-electron chi connectivity index (χ2n) is 11.7. The van der Waals surface area contributed by atoms with E-state index < -0.39 is 16.1 Å². The monoisotopic (exact) mass is 657 g/mol. The highest BCUT2D eigenvalue weighted by molar-refractivity contribution is 7.92. The van der Waals surface area contributed by atoms with E-state index in [4.69, 9.17) is 23.2 Å². The molecule has 2 amide bonds. The number of benzene rings is 3. The van der Waals surface area contributed by atoms with Crippen molar-refractivity contribution in [1.29, 1.82) is 0 Å². The van der Waals surface area contributed by atoms with Gasteiger partial charge in [-0.1, -0.05) is 78.5 Å². The fraction of sp³-hybridized carbons (Fsp3) is 0.412. The number of hydrogen-bond donors (Lipinski definition) is 1. The van der Waals surface area contributed by atoms with Gasteiger partial charge in [0.15, 0.2) is 0 Å². The lowest BCUT2D eigenvalue weighted by atomic mass is 10.0. The van der Waals surface area contributed by atoms with Crippen LogP contribution in [0.25, 0.3) is 0 Å². The van der Waals surface area contributed by atoms with Gasteiger partial charge in [0.2, 0.25) is 21.8 Å². The van der Waals surface area contributed by atoms with Crippen LogP contribution in [0.15, 0.2) is 66.7 Å². The number of rotatable bonds is 13. The summed E-state index contributed by atoms with van der Waals surface area (Å²) in [6, 6.07) is 19.7. The number of nitrogens with one attached hydrogen (secondary N) is 1. The third kappa shape index (κ3) is 9.22. The Labute approximate surface area is 271 Å². The lowest BCUT2D eigenvalue weighted by molar-refractivity contribution is -0.141. The fourth-order valence-electron chi connectivity index (χ4n) is 5.64. The van der Waals surface area contributed by atoms with Crippen LogP contribution >= 0.6 is 23.2 Å². The van der Waals surface area contributed by atoms with Gasteiger partial charge in [0.25, 0.3) is 0 Å². The van der Waals surface area contributed by atoms with Gasteiger partial charge < -0.3 is 10.2 Å². The van der Waals surface area contributed by atoms with Gasteiger partial charge >= 0.3 is 0 Å². The summed E-state index contributed by atoms with van der Waals surface area (Å²) in [5.74, 6) is -0.436. The Balaban J connectivity index is 1.61. The first-order valence-electron chi connectivity index (χ1n) is 15.0. The van der Waals surface area contributed by atoms with Gasteiger partial charge in [-0.2, -0.15) is 0 Å². The summed E-state index contributed by atoms with van der Waals surface area (Å²) >= 11 is 12.5. The van der Waals surface area contributed by atoms with E-state index in [2.05, 4.69) is 5.32 Å². The predicted octanol–water partition coefficient (Wildman–Crippen LogP) is 6.86. The van der Waals surface area contributed by atoms with Crippen molar-refractivity contribution in [2.24, 2.45) is 0 Å². The molecule has 7 nitrogen and oxygen atoms in total. The zero-order chi connectivity index (χ0) is 31.9. The number of nitrogens with zero attached hydrogens (tertiary/aromatic N) is 2. The number of carbonyl (C=O) groups excluding carboxylic acids is 2. The molecule has 1 aliphatic carbocycles. The Bertz CT molecular complexity index is 1560. The molecule has 0 heterocycles. The van der Waals surface area contributed by atoms with Crippen molar-refractivity contribution in [1.82, 2.24) is 10.2 Å². The molecule has 3 aromatic carbocycles. The van der Waals surface area contributed by atoms with Crippen LogP contribution in [-0.4, -0.2) is 50.0 Å². The number of sulfonamides is 1. The third-order valence-electron chi connectivity index (χ3n) is 8.24. The Morgan fingerprint density at radius 3 is 2.25 bits per heavy atom. The summed E-state index contributed by atoms with van der Waals surface area (Å²) in [7, 11) is -3.59. The normalized spacial score (nSPS) is 14.3. The second kappa shape index (κ2) is 15.3. The summed E-state index contributed by atoms with van der Waals surface area (Å²) in [6.07, 6.45) is 5.82. The molecule has 1 atom stereocenters. The molecule has 0 radical (unpaired) electrons. The van der Waals surface area contributed by atoms with Crippen LogP contribution in [0.2, 0.25) is 10.0 Å². The molecule has 0 unspecified atom stereocenters. The van der Waals surface area contributed by atoms with Crippen molar-refractivity contribution in [2.75, 3.05) is 17.1 Å². The molecule has 236 valence electrons. The van der Waals surface area contributed by atoms with E-state index in [1.807, 2.05) is 56.3 Å². The van der Waals surface area contributed by atoms with Crippen molar-refractivity contribution >= 4 is 50.7 Å². The fourth-order valence-corrected chi connectivity index (χ4v) is 6.92. The first-order chi connectivity index (χ1) is 20.9. The average Bonchev–Trinajstić information content (AvgIpc) is 3.49. The highest BCUT2D eigenvalue weighted by Crippen LogP contribution is 2.26. The molecule has 0 saturated heterocycles. The number of hydrogen-bond acceptors (Lipinski definition) is 4. The van der Waals surface area contributed by atoms with E-state index in [9.17, 15) is 18.0 Å². The summed E-state index contributed by atoms with van der Waals surface area (Å²) in [5.41, 5.74) is 4.29. The van der Waals surface area contributed by atoms with Crippen LogP contribution in [0.5, 0.6) is 0 Å². The molecule has 0 spiro atoms. The largest absolute Gasteiger partial charge is 0.352 e. The van der Waals surface area contributed by atoms with Crippen LogP contribution < -0.4 is 9.62 Å². The van der Waals surface area contributed by atoms with Crippen molar-refractivity contribution in [3.05, 3.63) is 99.0 Å². The number of anilines is 1. The molecular formula is C34H41Cl2N3O4S. The Hall–Kier alpha value is -3.07. The Morgan fingerprint density at radius 2 is 1.61 bits per heavy atom. The zero-order valence-corrected chi connectivity index (χ0v) is 27.9. The topological polar surface area (TPSA) is 86.8 Å². The maximum Gasteiger partial charge on any atom is 0.243 e. The molecule has 0 aromatic heterocycles. The van der Waals surface area contributed by atoms with E-state index in [-0.39, 0.29) is 43.8 Å². The van der Waals surface area contributed by atoms with Gasteiger partial charge in [-0.15, -0.1) is 0 Å². The first kappa shape index (κ1) is 33.8. The maximum absolute atomic E-state index is 14.1. The summed E-state index contributed by atoms with van der Waals surface area (Å²) in [5, 5.41) is 3.97. The minimum atomic E-state index is -3.59. The van der Waals surface area contributed by atoms with Crippen LogP contribution in [0.1, 0.15) is 60.8 Å². The number of carbonyl (C=O) groups is 2. The lowest BCUT2D eigenvalue weighted by Gasteiger charge is -2.33. The van der Waals surface area contributed by atoms with E-state index in [0.29, 0.717) is 22.2 Å². The number of halogens is 2. The highest BCUT2D eigenvalue weighted by Gasteiger charge is 2.32. The molecule has 1 aliphatic rings. The van der Waals surface area contributed by atoms with Gasteiger partial charge in [-0.25, -0.2) is 8.42 Å². The Kier molecular flexibility index (Phi) is 11.7. The molecule has 3 aromatic rings. The smallest absolute Gasteiger partial charge is 0.243 e. The van der Waals surface area contributed by atoms with Crippen molar-refractivity contribution in [3.63, 3.8) is 0 Å². The molecule has 0 aliphatic heterocycles.